The number of nitrogens with one attached hydrogen (secondary N) is 1. The predicted molar refractivity (Wildman–Crippen MR) is 92.5 cm³/mol. The van der Waals surface area contributed by atoms with Crippen molar-refractivity contribution in [1.82, 2.24) is 4.90 Å². The number of carbonyl (C=O) groups excluding carboxylic acids is 2. The van der Waals surface area contributed by atoms with Crippen LogP contribution in [0.15, 0.2) is 24.3 Å². The van der Waals surface area contributed by atoms with Gasteiger partial charge in [0.1, 0.15) is 5.60 Å². The molecule has 0 aliphatic carbocycles. The van der Waals surface area contributed by atoms with Crippen LogP contribution in [0.3, 0.4) is 0 Å². The van der Waals surface area contributed by atoms with E-state index in [0.29, 0.717) is 31.9 Å². The van der Waals surface area contributed by atoms with Crippen LogP contribution in [0.25, 0.3) is 0 Å². The van der Waals surface area contributed by atoms with Gasteiger partial charge >= 0.3 is 12.2 Å². The summed E-state index contributed by atoms with van der Waals surface area (Å²) in [5, 5.41) is 2.65. The van der Waals surface area contributed by atoms with E-state index in [0.717, 1.165) is 5.69 Å². The van der Waals surface area contributed by atoms with Crippen LogP contribution >= 0.6 is 0 Å². The van der Waals surface area contributed by atoms with E-state index in [-0.39, 0.29) is 6.09 Å². The van der Waals surface area contributed by atoms with E-state index in [4.69, 9.17) is 4.74 Å². The Balaban J connectivity index is 1.93. The summed E-state index contributed by atoms with van der Waals surface area (Å²) >= 11 is 0. The largest absolute Gasteiger partial charge is 0.453 e. The molecule has 1 aliphatic heterocycles. The fourth-order valence-corrected chi connectivity index (χ4v) is 2.42. The number of rotatable bonds is 2. The molecule has 0 aromatic heterocycles. The standard InChI is InChI=1S/C17H25N3O4/c1-17(2,3)24-16(22)20-10-8-19(9-11-20)14-7-5-6-13(12-14)18-15(21)23-4/h5-7,12H,8-11H2,1-4H3,(H,18,21). The number of amides is 2. The van der Waals surface area contributed by atoms with E-state index in [1.165, 1.54) is 7.11 Å². The minimum atomic E-state index is -0.498. The molecule has 1 saturated heterocycles. The lowest BCUT2D eigenvalue weighted by Gasteiger charge is -2.36. The maximum atomic E-state index is 12.1. The van der Waals surface area contributed by atoms with Crippen molar-refractivity contribution in [2.24, 2.45) is 0 Å². The fraction of sp³-hybridized carbons (Fsp3) is 0.529. The average molecular weight is 335 g/mol. The van der Waals surface area contributed by atoms with Gasteiger partial charge in [-0.1, -0.05) is 6.07 Å². The molecule has 0 saturated carbocycles. The molecule has 132 valence electrons. The van der Waals surface area contributed by atoms with E-state index in [1.54, 1.807) is 11.0 Å². The Hall–Kier alpha value is -2.44. The average Bonchev–Trinajstić information content (AvgIpc) is 2.53. The third kappa shape index (κ3) is 5.04. The van der Waals surface area contributed by atoms with Crippen LogP contribution < -0.4 is 10.2 Å². The molecule has 0 atom stereocenters. The van der Waals surface area contributed by atoms with Gasteiger partial charge in [0.15, 0.2) is 0 Å². The number of ether oxygens (including phenoxy) is 2. The zero-order valence-electron chi connectivity index (χ0n) is 14.7. The number of nitrogens with zero attached hydrogens (tertiary/aromatic N) is 2. The summed E-state index contributed by atoms with van der Waals surface area (Å²) in [4.78, 5) is 27.3. The summed E-state index contributed by atoms with van der Waals surface area (Å²) in [5.74, 6) is 0. The molecule has 1 aliphatic rings. The van der Waals surface area contributed by atoms with Gasteiger partial charge in [0, 0.05) is 37.6 Å². The highest BCUT2D eigenvalue weighted by atomic mass is 16.6. The van der Waals surface area contributed by atoms with Crippen LogP contribution in [0.1, 0.15) is 20.8 Å². The number of anilines is 2. The topological polar surface area (TPSA) is 71.1 Å². The van der Waals surface area contributed by atoms with Gasteiger partial charge in [-0.05, 0) is 39.0 Å². The van der Waals surface area contributed by atoms with Crippen molar-refractivity contribution in [3.05, 3.63) is 24.3 Å². The molecule has 0 unspecified atom stereocenters. The minimum Gasteiger partial charge on any atom is -0.453 e. The first-order valence-corrected chi connectivity index (χ1v) is 7.96. The molecular formula is C17H25N3O4. The monoisotopic (exact) mass is 335 g/mol. The van der Waals surface area contributed by atoms with Crippen molar-refractivity contribution < 1.29 is 19.1 Å². The number of methoxy groups -OCH3 is 1. The van der Waals surface area contributed by atoms with Crippen molar-refractivity contribution >= 4 is 23.6 Å². The normalized spacial score (nSPS) is 15.0. The molecule has 1 aromatic rings. The quantitative estimate of drug-likeness (QED) is 0.900. The summed E-state index contributed by atoms with van der Waals surface area (Å²) in [5.41, 5.74) is 1.18. The zero-order chi connectivity index (χ0) is 17.7. The lowest BCUT2D eigenvalue weighted by atomic mass is 10.2. The van der Waals surface area contributed by atoms with Gasteiger partial charge in [-0.15, -0.1) is 0 Å². The molecule has 1 heterocycles. The fourth-order valence-electron chi connectivity index (χ4n) is 2.42. The molecule has 7 nitrogen and oxygen atoms in total. The Morgan fingerprint density at radius 3 is 2.38 bits per heavy atom. The van der Waals surface area contributed by atoms with E-state index >= 15 is 0 Å². The summed E-state index contributed by atoms with van der Waals surface area (Å²) in [7, 11) is 1.33. The summed E-state index contributed by atoms with van der Waals surface area (Å²) < 4.78 is 10.00. The smallest absolute Gasteiger partial charge is 0.411 e. The molecule has 0 bridgehead atoms. The highest BCUT2D eigenvalue weighted by Crippen LogP contribution is 2.21. The van der Waals surface area contributed by atoms with Gasteiger partial charge in [0.25, 0.3) is 0 Å². The molecule has 2 amide bonds. The molecule has 0 radical (unpaired) electrons. The van der Waals surface area contributed by atoms with Gasteiger partial charge in [0.05, 0.1) is 7.11 Å². The molecule has 24 heavy (non-hydrogen) atoms. The van der Waals surface area contributed by atoms with Crippen LogP contribution in [0, 0.1) is 0 Å². The number of benzene rings is 1. The van der Waals surface area contributed by atoms with E-state index in [9.17, 15) is 9.59 Å². The number of carbonyl (C=O) groups is 2. The number of hydrogen-bond donors (Lipinski definition) is 1. The predicted octanol–water partition coefficient (Wildman–Crippen LogP) is 2.92. The van der Waals surface area contributed by atoms with Crippen molar-refractivity contribution in [2.45, 2.75) is 26.4 Å². The van der Waals surface area contributed by atoms with Crippen molar-refractivity contribution in [2.75, 3.05) is 43.5 Å². The van der Waals surface area contributed by atoms with Crippen LogP contribution in [0.5, 0.6) is 0 Å². The Morgan fingerprint density at radius 1 is 1.12 bits per heavy atom. The van der Waals surface area contributed by atoms with Crippen LogP contribution in [0.4, 0.5) is 21.0 Å². The van der Waals surface area contributed by atoms with E-state index < -0.39 is 11.7 Å². The minimum absolute atomic E-state index is 0.275. The second-order valence-corrected chi connectivity index (χ2v) is 6.62. The first-order chi connectivity index (χ1) is 11.3. The zero-order valence-corrected chi connectivity index (χ0v) is 14.7. The molecule has 0 spiro atoms. The van der Waals surface area contributed by atoms with Gasteiger partial charge in [-0.25, -0.2) is 9.59 Å². The first-order valence-electron chi connectivity index (χ1n) is 7.96. The van der Waals surface area contributed by atoms with Crippen molar-refractivity contribution in [3.63, 3.8) is 0 Å². The van der Waals surface area contributed by atoms with Gasteiger partial charge < -0.3 is 19.3 Å². The van der Waals surface area contributed by atoms with Crippen LogP contribution in [-0.4, -0.2) is 56.0 Å². The lowest BCUT2D eigenvalue weighted by Crippen LogP contribution is -2.50. The maximum absolute atomic E-state index is 12.1. The van der Waals surface area contributed by atoms with E-state index in [2.05, 4.69) is 15.0 Å². The van der Waals surface area contributed by atoms with Gasteiger partial charge in [-0.2, -0.15) is 0 Å². The lowest BCUT2D eigenvalue weighted by molar-refractivity contribution is 0.0240. The number of hydrogen-bond acceptors (Lipinski definition) is 5. The van der Waals surface area contributed by atoms with Crippen molar-refractivity contribution in [1.29, 1.82) is 0 Å². The summed E-state index contributed by atoms with van der Waals surface area (Å²) in [6.07, 6.45) is -0.773. The molecule has 2 rings (SSSR count). The molecule has 1 aromatic carbocycles. The second-order valence-electron chi connectivity index (χ2n) is 6.62. The van der Waals surface area contributed by atoms with Crippen LogP contribution in [0.2, 0.25) is 0 Å². The Kier molecular flexibility index (Phi) is 5.54. The summed E-state index contributed by atoms with van der Waals surface area (Å²) in [6.45, 7) is 8.21. The van der Waals surface area contributed by atoms with Gasteiger partial charge in [-0.3, -0.25) is 5.32 Å². The highest BCUT2D eigenvalue weighted by molar-refractivity contribution is 5.85. The third-order valence-electron chi connectivity index (χ3n) is 3.57. The molecule has 1 fully saturated rings. The van der Waals surface area contributed by atoms with Crippen molar-refractivity contribution in [3.8, 4) is 0 Å². The summed E-state index contributed by atoms with van der Waals surface area (Å²) in [6, 6.07) is 7.55. The highest BCUT2D eigenvalue weighted by Gasteiger charge is 2.26. The Morgan fingerprint density at radius 2 is 1.79 bits per heavy atom. The van der Waals surface area contributed by atoms with E-state index in [1.807, 2.05) is 39.0 Å². The van der Waals surface area contributed by atoms with Crippen LogP contribution in [-0.2, 0) is 9.47 Å². The molecule has 7 heteroatoms. The maximum Gasteiger partial charge on any atom is 0.411 e. The number of piperazine rings is 1. The third-order valence-corrected chi connectivity index (χ3v) is 3.57. The Bertz CT molecular complexity index is 590. The molecular weight excluding hydrogens is 310 g/mol. The second kappa shape index (κ2) is 7.42. The Labute approximate surface area is 142 Å². The molecule has 1 N–H and O–H groups in total. The van der Waals surface area contributed by atoms with Gasteiger partial charge in [0.2, 0.25) is 0 Å². The SMILES string of the molecule is COC(=O)Nc1cccc(N2CCN(C(=O)OC(C)(C)C)CC2)c1. The first kappa shape index (κ1) is 17.9.